The van der Waals surface area contributed by atoms with Crippen molar-refractivity contribution in [2.45, 2.75) is 52.3 Å². The second kappa shape index (κ2) is 10.9. The van der Waals surface area contributed by atoms with Crippen LogP contribution in [0.15, 0.2) is 59.6 Å². The van der Waals surface area contributed by atoms with Crippen LogP contribution in [0.3, 0.4) is 0 Å². The Morgan fingerprint density at radius 2 is 1.97 bits per heavy atom. The van der Waals surface area contributed by atoms with E-state index in [4.69, 9.17) is 21.4 Å². The fourth-order valence-electron chi connectivity index (χ4n) is 3.96. The summed E-state index contributed by atoms with van der Waals surface area (Å²) in [7, 11) is 0. The van der Waals surface area contributed by atoms with Crippen LogP contribution in [0.1, 0.15) is 31.4 Å². The van der Waals surface area contributed by atoms with Crippen LogP contribution in [0.2, 0.25) is 5.02 Å². The average molecular weight is 526 g/mol. The number of hydrogen-bond acceptors (Lipinski definition) is 6. The minimum Gasteiger partial charge on any atom is -0.477 e. The maximum Gasteiger partial charge on any atom is 0.354 e. The van der Waals surface area contributed by atoms with Crippen molar-refractivity contribution in [1.82, 2.24) is 15.1 Å². The summed E-state index contributed by atoms with van der Waals surface area (Å²) in [5.41, 5.74) is 2.47. The molecule has 3 N–H and O–H groups in total. The van der Waals surface area contributed by atoms with E-state index in [1.54, 1.807) is 43.0 Å². The van der Waals surface area contributed by atoms with Gasteiger partial charge in [0.05, 0.1) is 11.6 Å². The van der Waals surface area contributed by atoms with E-state index in [-0.39, 0.29) is 23.3 Å². The number of dihydropyridines is 1. The van der Waals surface area contributed by atoms with E-state index in [2.05, 4.69) is 15.6 Å². The maximum absolute atomic E-state index is 13.3. The van der Waals surface area contributed by atoms with Crippen molar-refractivity contribution >= 4 is 41.0 Å². The van der Waals surface area contributed by atoms with Crippen LogP contribution in [-0.4, -0.2) is 57.2 Å². The monoisotopic (exact) mass is 525 g/mol. The van der Waals surface area contributed by atoms with E-state index >= 15 is 0 Å². The second-order valence-electron chi connectivity index (χ2n) is 9.03. The Hall–Kier alpha value is -4.05. The predicted molar refractivity (Wildman–Crippen MR) is 140 cm³/mol. The van der Waals surface area contributed by atoms with Crippen LogP contribution >= 0.6 is 11.6 Å². The fourth-order valence-corrected chi connectivity index (χ4v) is 4.18. The summed E-state index contributed by atoms with van der Waals surface area (Å²) in [6.07, 6.45) is 1.97. The van der Waals surface area contributed by atoms with Gasteiger partial charge in [0.25, 0.3) is 0 Å². The number of aliphatic imine (C=N–C) groups is 1. The predicted octanol–water partition coefficient (Wildman–Crippen LogP) is 4.59. The summed E-state index contributed by atoms with van der Waals surface area (Å²) in [6, 6.07) is 11.5. The molecule has 11 heteroatoms. The van der Waals surface area contributed by atoms with Crippen molar-refractivity contribution in [3.05, 3.63) is 70.8 Å². The van der Waals surface area contributed by atoms with Crippen LogP contribution < -0.4 is 15.4 Å². The number of halogens is 1. The van der Waals surface area contributed by atoms with Crippen LogP contribution in [-0.2, 0) is 11.3 Å². The molecule has 1 saturated heterocycles. The topological polar surface area (TPSA) is 124 Å². The Morgan fingerprint density at radius 3 is 2.62 bits per heavy atom. The number of aryl methyl sites for hydroxylation is 1. The Morgan fingerprint density at radius 1 is 1.24 bits per heavy atom. The van der Waals surface area contributed by atoms with Crippen molar-refractivity contribution in [3.63, 3.8) is 0 Å². The highest BCUT2D eigenvalue weighted by Gasteiger charge is 2.39. The Bertz CT molecular complexity index is 1260. The number of carbonyl (C=O) groups excluding carboxylic acids is 2. The molecule has 0 aliphatic carbocycles. The quantitative estimate of drug-likeness (QED) is 0.463. The molecule has 2 aromatic rings. The first-order chi connectivity index (χ1) is 17.6. The molecule has 1 fully saturated rings. The molecule has 2 atom stereocenters. The van der Waals surface area contributed by atoms with Crippen molar-refractivity contribution < 1.29 is 24.2 Å². The lowest BCUT2D eigenvalue weighted by Crippen LogP contribution is -2.68. The summed E-state index contributed by atoms with van der Waals surface area (Å²) in [5.74, 6) is -0.808. The lowest BCUT2D eigenvalue weighted by atomic mass is 10.1. The minimum absolute atomic E-state index is 0.0903. The number of nitrogens with zero attached hydrogens (tertiary/aromatic N) is 3. The van der Waals surface area contributed by atoms with Gasteiger partial charge in [-0.05, 0) is 50.6 Å². The van der Waals surface area contributed by atoms with E-state index in [1.165, 1.54) is 11.0 Å². The highest BCUT2D eigenvalue weighted by Crippen LogP contribution is 2.30. The Balaban J connectivity index is 1.53. The number of benzene rings is 2. The van der Waals surface area contributed by atoms with E-state index in [1.807, 2.05) is 31.2 Å². The van der Waals surface area contributed by atoms with Crippen LogP contribution in [0, 0.1) is 6.92 Å². The number of imide groups is 1. The fraction of sp³-hybridized carbons (Fsp3) is 0.308. The normalized spacial score (nSPS) is 19.5. The maximum atomic E-state index is 13.3. The second-order valence-corrected chi connectivity index (χ2v) is 9.44. The average Bonchev–Trinajstić information content (AvgIpc) is 2.84. The van der Waals surface area contributed by atoms with Gasteiger partial charge >= 0.3 is 18.0 Å². The molecule has 2 aromatic carbocycles. The molecular weight excluding hydrogens is 498 g/mol. The van der Waals surface area contributed by atoms with E-state index in [0.29, 0.717) is 17.9 Å². The molecule has 37 heavy (non-hydrogen) atoms. The molecule has 0 aromatic heterocycles. The third kappa shape index (κ3) is 6.03. The minimum atomic E-state index is -1.13. The number of rotatable bonds is 8. The molecule has 2 aliphatic heterocycles. The summed E-state index contributed by atoms with van der Waals surface area (Å²) in [5, 5.41) is 15.4. The molecule has 4 rings (SSSR count). The number of carboxylic acid groups (broad SMARTS) is 1. The van der Waals surface area contributed by atoms with Crippen molar-refractivity contribution in [1.29, 1.82) is 0 Å². The standard InChI is InChI=1S/C26H28ClN5O5/c1-15(2)32-25(35)30-24(31(26(32)36)14-17-9-7-16(3)8-10-17)28-18-11-12-21(19(27)13-18)37-22-6-4-5-20(29-22)23(33)34/h4-5,7-13,15,22,24,28H,6,14H2,1-3H3,(H,30,35)(H,33,34). The number of aliphatic carboxylic acids is 1. The van der Waals surface area contributed by atoms with Gasteiger partial charge in [0.1, 0.15) is 11.5 Å². The van der Waals surface area contributed by atoms with Gasteiger partial charge in [-0.1, -0.05) is 47.5 Å². The SMILES string of the molecule is Cc1ccc(CN2C(=O)N(C(C)C)C(=O)NC2Nc2ccc(OC3CC=CC(C(=O)O)=N3)c(Cl)c2)cc1. The molecule has 10 nitrogen and oxygen atoms in total. The number of nitrogens with one attached hydrogen (secondary N) is 2. The molecule has 194 valence electrons. The molecule has 0 saturated carbocycles. The molecule has 0 radical (unpaired) electrons. The third-order valence-electron chi connectivity index (χ3n) is 5.85. The zero-order valence-corrected chi connectivity index (χ0v) is 21.4. The first-order valence-corrected chi connectivity index (χ1v) is 12.2. The van der Waals surface area contributed by atoms with Crippen molar-refractivity contribution in [2.24, 2.45) is 4.99 Å². The van der Waals surface area contributed by atoms with Gasteiger partial charge in [-0.15, -0.1) is 0 Å². The molecule has 2 unspecified atom stereocenters. The largest absolute Gasteiger partial charge is 0.477 e. The first kappa shape index (κ1) is 26.0. The zero-order chi connectivity index (χ0) is 26.7. The lowest BCUT2D eigenvalue weighted by Gasteiger charge is -2.42. The highest BCUT2D eigenvalue weighted by atomic mass is 35.5. The molecule has 2 aliphatic rings. The van der Waals surface area contributed by atoms with Crippen LogP contribution in [0.5, 0.6) is 5.75 Å². The number of amides is 4. The number of carboxylic acids is 1. The third-order valence-corrected chi connectivity index (χ3v) is 6.14. The van der Waals surface area contributed by atoms with Crippen molar-refractivity contribution in [2.75, 3.05) is 5.32 Å². The summed E-state index contributed by atoms with van der Waals surface area (Å²) >= 11 is 6.44. The Kier molecular flexibility index (Phi) is 7.68. The molecule has 0 spiro atoms. The lowest BCUT2D eigenvalue weighted by molar-refractivity contribution is -0.129. The smallest absolute Gasteiger partial charge is 0.354 e. The van der Waals surface area contributed by atoms with Gasteiger partial charge in [0.15, 0.2) is 12.5 Å². The summed E-state index contributed by atoms with van der Waals surface area (Å²) in [6.45, 7) is 5.81. The van der Waals surface area contributed by atoms with Gasteiger partial charge in [0, 0.05) is 18.2 Å². The number of anilines is 1. The molecule has 2 heterocycles. The first-order valence-electron chi connectivity index (χ1n) is 11.8. The molecule has 4 amide bonds. The van der Waals surface area contributed by atoms with Crippen LogP contribution in [0.4, 0.5) is 15.3 Å². The summed E-state index contributed by atoms with van der Waals surface area (Å²) in [4.78, 5) is 44.0. The Labute approximate surface area is 219 Å². The highest BCUT2D eigenvalue weighted by molar-refractivity contribution is 6.40. The van der Waals surface area contributed by atoms with E-state index in [9.17, 15) is 14.4 Å². The van der Waals surface area contributed by atoms with E-state index < -0.39 is 30.5 Å². The van der Waals surface area contributed by atoms with Gasteiger partial charge in [-0.2, -0.15) is 0 Å². The van der Waals surface area contributed by atoms with Gasteiger partial charge < -0.3 is 15.2 Å². The zero-order valence-electron chi connectivity index (χ0n) is 20.6. The van der Waals surface area contributed by atoms with E-state index in [0.717, 1.165) is 11.1 Å². The number of ether oxygens (including phenoxy) is 1. The summed E-state index contributed by atoms with van der Waals surface area (Å²) < 4.78 is 5.79. The number of hydrogen-bond donors (Lipinski definition) is 3. The van der Waals surface area contributed by atoms with Crippen LogP contribution in [0.25, 0.3) is 0 Å². The molecular formula is C26H28ClN5O5. The van der Waals surface area contributed by atoms with Gasteiger partial charge in [0.2, 0.25) is 0 Å². The number of carbonyl (C=O) groups is 3. The number of urea groups is 2. The van der Waals surface area contributed by atoms with Gasteiger partial charge in [-0.25, -0.2) is 24.3 Å². The van der Waals surface area contributed by atoms with Crippen molar-refractivity contribution in [3.8, 4) is 5.75 Å². The van der Waals surface area contributed by atoms with Gasteiger partial charge in [-0.3, -0.25) is 10.2 Å². The molecule has 0 bridgehead atoms.